The summed E-state index contributed by atoms with van der Waals surface area (Å²) >= 11 is 5.94. The Kier molecular flexibility index (Phi) is 7.04. The van der Waals surface area contributed by atoms with Gasteiger partial charge in [0.05, 0.1) is 23.7 Å². The molecule has 0 saturated carbocycles. The summed E-state index contributed by atoms with van der Waals surface area (Å²) < 4.78 is 11.1. The van der Waals surface area contributed by atoms with Crippen molar-refractivity contribution in [3.63, 3.8) is 0 Å². The predicted molar refractivity (Wildman–Crippen MR) is 138 cm³/mol. The van der Waals surface area contributed by atoms with Crippen LogP contribution in [0.15, 0.2) is 54.6 Å². The van der Waals surface area contributed by atoms with E-state index in [0.717, 1.165) is 27.7 Å². The number of hydrogen-bond donors (Lipinski definition) is 2. The highest BCUT2D eigenvalue weighted by Crippen LogP contribution is 2.30. The smallest absolute Gasteiger partial charge is 0.262 e. The average molecular weight is 487 g/mol. The van der Waals surface area contributed by atoms with Crippen molar-refractivity contribution in [2.75, 3.05) is 19.0 Å². The Morgan fingerprint density at radius 2 is 1.94 bits per heavy atom. The van der Waals surface area contributed by atoms with E-state index in [1.807, 2.05) is 26.0 Å². The van der Waals surface area contributed by atoms with E-state index in [2.05, 4.69) is 21.4 Å². The standard InChI is InChI=1S/C27H23ClN4O3/c1-16-9-22-23(10-17(16)2)32-27(31-22)19(14-29)11-18-7-8-24(25(12-18)34-3)35-15-26(33)30-21-6-4-5-20(28)13-21/h4-13H,15H2,1-3H3,(H,30,33)(H,31,32)/b19-11+. The number of rotatable bonds is 7. The molecule has 1 heterocycles. The number of nitrogens with zero attached hydrogens (tertiary/aromatic N) is 2. The lowest BCUT2D eigenvalue weighted by molar-refractivity contribution is -0.118. The Morgan fingerprint density at radius 1 is 1.14 bits per heavy atom. The van der Waals surface area contributed by atoms with Crippen molar-refractivity contribution in [1.29, 1.82) is 5.26 Å². The normalized spacial score (nSPS) is 11.2. The van der Waals surface area contributed by atoms with Crippen LogP contribution in [0.25, 0.3) is 22.7 Å². The van der Waals surface area contributed by atoms with E-state index in [9.17, 15) is 10.1 Å². The molecule has 35 heavy (non-hydrogen) atoms. The van der Waals surface area contributed by atoms with Crippen LogP contribution in [0.2, 0.25) is 5.02 Å². The summed E-state index contributed by atoms with van der Waals surface area (Å²) in [5.74, 6) is 0.992. The first kappa shape index (κ1) is 23.9. The Morgan fingerprint density at radius 3 is 2.69 bits per heavy atom. The minimum Gasteiger partial charge on any atom is -0.493 e. The van der Waals surface area contributed by atoms with Crippen molar-refractivity contribution >= 4 is 45.9 Å². The number of H-pyrrole nitrogens is 1. The van der Waals surface area contributed by atoms with Gasteiger partial charge in [-0.3, -0.25) is 4.79 Å². The molecule has 1 amide bonds. The first-order valence-electron chi connectivity index (χ1n) is 10.8. The number of aromatic nitrogens is 2. The van der Waals surface area contributed by atoms with E-state index < -0.39 is 0 Å². The van der Waals surface area contributed by atoms with Crippen LogP contribution in [0.3, 0.4) is 0 Å². The Hall–Kier alpha value is -4.28. The van der Waals surface area contributed by atoms with Crippen molar-refractivity contribution in [2.24, 2.45) is 0 Å². The quantitative estimate of drug-likeness (QED) is 0.316. The van der Waals surface area contributed by atoms with Gasteiger partial charge in [-0.2, -0.15) is 5.26 Å². The number of allylic oxidation sites excluding steroid dienone is 1. The highest BCUT2D eigenvalue weighted by atomic mass is 35.5. The number of nitriles is 1. The van der Waals surface area contributed by atoms with E-state index in [0.29, 0.717) is 33.6 Å². The number of amides is 1. The molecule has 0 fully saturated rings. The Bertz CT molecular complexity index is 1440. The molecular formula is C27H23ClN4O3. The van der Waals surface area contributed by atoms with Gasteiger partial charge >= 0.3 is 0 Å². The van der Waals surface area contributed by atoms with E-state index in [1.165, 1.54) is 7.11 Å². The number of anilines is 1. The molecule has 0 aliphatic carbocycles. The first-order chi connectivity index (χ1) is 16.9. The summed E-state index contributed by atoms with van der Waals surface area (Å²) in [6, 6.07) is 18.3. The van der Waals surface area contributed by atoms with Crippen LogP contribution in [-0.2, 0) is 4.79 Å². The van der Waals surface area contributed by atoms with Crippen LogP contribution in [0.5, 0.6) is 11.5 Å². The van der Waals surface area contributed by atoms with Gasteiger partial charge in [0.2, 0.25) is 0 Å². The fourth-order valence-electron chi connectivity index (χ4n) is 3.52. The molecule has 8 heteroatoms. The number of nitrogens with one attached hydrogen (secondary N) is 2. The minimum atomic E-state index is -0.333. The molecule has 3 aromatic carbocycles. The number of carbonyl (C=O) groups is 1. The number of halogens is 1. The summed E-state index contributed by atoms with van der Waals surface area (Å²) in [6.45, 7) is 3.85. The third-order valence-corrected chi connectivity index (χ3v) is 5.67. The summed E-state index contributed by atoms with van der Waals surface area (Å²) in [5, 5.41) is 13.0. The second kappa shape index (κ2) is 10.3. The molecule has 0 aliphatic heterocycles. The van der Waals surface area contributed by atoms with Crippen molar-refractivity contribution in [2.45, 2.75) is 13.8 Å². The number of carbonyl (C=O) groups excluding carboxylic acids is 1. The molecule has 1 aromatic heterocycles. The first-order valence-corrected chi connectivity index (χ1v) is 11.2. The lowest BCUT2D eigenvalue weighted by Gasteiger charge is -2.12. The molecule has 7 nitrogen and oxygen atoms in total. The number of fused-ring (bicyclic) bond motifs is 1. The summed E-state index contributed by atoms with van der Waals surface area (Å²) in [6.07, 6.45) is 1.72. The van der Waals surface area contributed by atoms with Crippen LogP contribution in [0, 0.1) is 25.2 Å². The number of methoxy groups -OCH3 is 1. The molecule has 0 spiro atoms. The van der Waals surface area contributed by atoms with Gasteiger partial charge in [-0.15, -0.1) is 0 Å². The maximum atomic E-state index is 12.2. The van der Waals surface area contributed by atoms with Crippen molar-refractivity contribution in [3.05, 3.63) is 82.1 Å². The third-order valence-electron chi connectivity index (χ3n) is 5.44. The highest BCUT2D eigenvalue weighted by molar-refractivity contribution is 6.30. The largest absolute Gasteiger partial charge is 0.493 e. The third kappa shape index (κ3) is 5.62. The second-order valence-corrected chi connectivity index (χ2v) is 8.40. The van der Waals surface area contributed by atoms with Crippen LogP contribution in [0.4, 0.5) is 5.69 Å². The van der Waals surface area contributed by atoms with Gasteiger partial charge in [-0.25, -0.2) is 4.98 Å². The van der Waals surface area contributed by atoms with Gasteiger partial charge < -0.3 is 19.8 Å². The number of imidazole rings is 1. The maximum absolute atomic E-state index is 12.2. The lowest BCUT2D eigenvalue weighted by Crippen LogP contribution is -2.20. The molecule has 0 radical (unpaired) electrons. The van der Waals surface area contributed by atoms with Gasteiger partial charge in [0.15, 0.2) is 18.1 Å². The molecule has 0 saturated heterocycles. The van der Waals surface area contributed by atoms with Gasteiger partial charge in [-0.1, -0.05) is 23.7 Å². The van der Waals surface area contributed by atoms with Crippen LogP contribution >= 0.6 is 11.6 Å². The zero-order chi connectivity index (χ0) is 24.9. The van der Waals surface area contributed by atoms with Gasteiger partial charge in [0, 0.05) is 10.7 Å². The number of hydrogen-bond acceptors (Lipinski definition) is 5. The zero-order valence-corrected chi connectivity index (χ0v) is 20.2. The monoisotopic (exact) mass is 486 g/mol. The number of aromatic amines is 1. The predicted octanol–water partition coefficient (Wildman–Crippen LogP) is 5.92. The fraction of sp³-hybridized carbons (Fsp3) is 0.148. The lowest BCUT2D eigenvalue weighted by atomic mass is 10.1. The van der Waals surface area contributed by atoms with Crippen LogP contribution < -0.4 is 14.8 Å². The number of aryl methyl sites for hydroxylation is 2. The maximum Gasteiger partial charge on any atom is 0.262 e. The van der Waals surface area contributed by atoms with E-state index in [4.69, 9.17) is 21.1 Å². The highest BCUT2D eigenvalue weighted by Gasteiger charge is 2.12. The van der Waals surface area contributed by atoms with Crippen molar-refractivity contribution < 1.29 is 14.3 Å². The molecule has 0 unspecified atom stereocenters. The van der Waals surface area contributed by atoms with Crippen LogP contribution in [0.1, 0.15) is 22.5 Å². The minimum absolute atomic E-state index is 0.209. The Labute approximate surface area is 208 Å². The number of ether oxygens (including phenoxy) is 2. The molecule has 2 N–H and O–H groups in total. The molecule has 4 aromatic rings. The molecule has 4 rings (SSSR count). The summed E-state index contributed by atoms with van der Waals surface area (Å²) in [4.78, 5) is 20.0. The number of benzene rings is 3. The topological polar surface area (TPSA) is 100 Å². The molecule has 0 bridgehead atoms. The van der Waals surface area contributed by atoms with Crippen molar-refractivity contribution in [3.8, 4) is 17.6 Å². The van der Waals surface area contributed by atoms with Crippen molar-refractivity contribution in [1.82, 2.24) is 9.97 Å². The SMILES string of the molecule is COc1cc(/C=C(\C#N)c2nc3cc(C)c(C)cc3[nH]2)ccc1OCC(=O)Nc1cccc(Cl)c1. The van der Waals surface area contributed by atoms with E-state index in [-0.39, 0.29) is 12.5 Å². The van der Waals surface area contributed by atoms with Crippen LogP contribution in [-0.4, -0.2) is 29.6 Å². The van der Waals surface area contributed by atoms with E-state index >= 15 is 0 Å². The van der Waals surface area contributed by atoms with Gasteiger partial charge in [0.1, 0.15) is 11.9 Å². The molecule has 0 atom stereocenters. The molecule has 0 aliphatic rings. The summed E-state index contributed by atoms with van der Waals surface area (Å²) in [7, 11) is 1.51. The summed E-state index contributed by atoms with van der Waals surface area (Å²) in [5.41, 5.74) is 5.66. The van der Waals surface area contributed by atoms with E-state index in [1.54, 1.807) is 48.5 Å². The van der Waals surface area contributed by atoms with Gasteiger partial charge in [-0.05, 0) is 79.1 Å². The Balaban J connectivity index is 1.51. The average Bonchev–Trinajstić information content (AvgIpc) is 3.24. The zero-order valence-electron chi connectivity index (χ0n) is 19.5. The fourth-order valence-corrected chi connectivity index (χ4v) is 3.71. The second-order valence-electron chi connectivity index (χ2n) is 7.97. The van der Waals surface area contributed by atoms with Gasteiger partial charge in [0.25, 0.3) is 5.91 Å². The molecular weight excluding hydrogens is 464 g/mol. The molecule has 176 valence electrons.